The van der Waals surface area contributed by atoms with Crippen LogP contribution in [-0.2, 0) is 19.1 Å². The van der Waals surface area contributed by atoms with Gasteiger partial charge in [0.25, 0.3) is 5.91 Å². The van der Waals surface area contributed by atoms with E-state index in [1.54, 1.807) is 24.3 Å². The van der Waals surface area contributed by atoms with Gasteiger partial charge in [0.2, 0.25) is 5.91 Å². The molecule has 8 nitrogen and oxygen atoms in total. The number of fused-ring (bicyclic) bond motifs is 1. The summed E-state index contributed by atoms with van der Waals surface area (Å²) in [6.45, 7) is 5.90. The summed E-state index contributed by atoms with van der Waals surface area (Å²) in [5.41, 5.74) is 0.229. The molecule has 1 heterocycles. The third-order valence-corrected chi connectivity index (χ3v) is 3.95. The molecule has 1 aromatic carbocycles. The van der Waals surface area contributed by atoms with E-state index >= 15 is 0 Å². The highest BCUT2D eigenvalue weighted by atomic mass is 16.5. The van der Waals surface area contributed by atoms with Gasteiger partial charge in [-0.2, -0.15) is 0 Å². The van der Waals surface area contributed by atoms with Crippen molar-refractivity contribution in [1.82, 2.24) is 5.32 Å². The molecule has 8 heteroatoms. The molecule has 0 aliphatic carbocycles. The number of carboxylic acid groups (broad SMARTS) is 1. The van der Waals surface area contributed by atoms with Crippen LogP contribution < -0.4 is 15.0 Å². The van der Waals surface area contributed by atoms with Gasteiger partial charge in [0.1, 0.15) is 11.8 Å². The Morgan fingerprint density at radius 2 is 2.04 bits per heavy atom. The molecule has 148 valence electrons. The number of amides is 2. The maximum Gasteiger partial charge on any atom is 0.326 e. The third-order valence-electron chi connectivity index (χ3n) is 3.95. The van der Waals surface area contributed by atoms with Crippen LogP contribution in [0.1, 0.15) is 33.6 Å². The van der Waals surface area contributed by atoms with Crippen molar-refractivity contribution < 1.29 is 29.0 Å². The molecular formula is C19H26N2O6. The van der Waals surface area contributed by atoms with Gasteiger partial charge >= 0.3 is 5.97 Å². The number of hydrogen-bond acceptors (Lipinski definition) is 5. The lowest BCUT2D eigenvalue weighted by Gasteiger charge is -2.29. The van der Waals surface area contributed by atoms with Gasteiger partial charge in [-0.15, -0.1) is 0 Å². The van der Waals surface area contributed by atoms with Gasteiger partial charge in [0.05, 0.1) is 11.3 Å². The summed E-state index contributed by atoms with van der Waals surface area (Å²) in [6, 6.07) is 6.05. The number of benzene rings is 1. The lowest BCUT2D eigenvalue weighted by molar-refractivity contribution is -0.142. The molecule has 1 aromatic rings. The predicted molar refractivity (Wildman–Crippen MR) is 98.8 cm³/mol. The van der Waals surface area contributed by atoms with E-state index in [1.807, 2.05) is 20.8 Å². The van der Waals surface area contributed by atoms with Crippen molar-refractivity contribution >= 4 is 23.5 Å². The summed E-state index contributed by atoms with van der Waals surface area (Å²) < 4.78 is 10.9. The Morgan fingerprint density at radius 3 is 2.70 bits per heavy atom. The molecule has 0 bridgehead atoms. The van der Waals surface area contributed by atoms with E-state index in [4.69, 9.17) is 9.47 Å². The number of nitrogens with zero attached hydrogens (tertiary/aromatic N) is 1. The molecule has 0 aromatic heterocycles. The fraction of sp³-hybridized carbons (Fsp3) is 0.526. The summed E-state index contributed by atoms with van der Waals surface area (Å²) in [5.74, 6) is -1.21. The molecule has 1 unspecified atom stereocenters. The van der Waals surface area contributed by atoms with Crippen molar-refractivity contribution in [3.63, 3.8) is 0 Å². The van der Waals surface area contributed by atoms with Gasteiger partial charge in [-0.05, 0) is 32.9 Å². The van der Waals surface area contributed by atoms with Gasteiger partial charge in [0.15, 0.2) is 6.61 Å². The van der Waals surface area contributed by atoms with Gasteiger partial charge in [0, 0.05) is 26.0 Å². The maximum atomic E-state index is 12.2. The van der Waals surface area contributed by atoms with Crippen LogP contribution in [0.3, 0.4) is 0 Å². The minimum atomic E-state index is -1.12. The quantitative estimate of drug-likeness (QED) is 0.712. The second-order valence-corrected chi connectivity index (χ2v) is 7.26. The molecule has 27 heavy (non-hydrogen) atoms. The summed E-state index contributed by atoms with van der Waals surface area (Å²) in [5, 5.41) is 11.8. The number of rotatable bonds is 8. The Hall–Kier alpha value is -2.61. The van der Waals surface area contributed by atoms with Crippen LogP contribution in [0, 0.1) is 0 Å². The molecule has 1 atom stereocenters. The first-order chi connectivity index (χ1) is 12.7. The predicted octanol–water partition coefficient (Wildman–Crippen LogP) is 1.58. The molecular weight excluding hydrogens is 352 g/mol. The number of aliphatic carboxylic acids is 1. The Labute approximate surface area is 158 Å². The topological polar surface area (TPSA) is 105 Å². The highest BCUT2D eigenvalue weighted by molar-refractivity contribution is 5.98. The molecule has 1 aliphatic heterocycles. The minimum absolute atomic E-state index is 0.00994. The van der Waals surface area contributed by atoms with E-state index in [-0.39, 0.29) is 44.1 Å². The number of carboxylic acids is 1. The summed E-state index contributed by atoms with van der Waals surface area (Å²) in [6.07, 6.45) is 0.154. The first-order valence-electron chi connectivity index (χ1n) is 8.86. The number of para-hydroxylation sites is 2. The first-order valence-corrected chi connectivity index (χ1v) is 8.86. The third kappa shape index (κ3) is 6.25. The number of hydrogen-bond donors (Lipinski definition) is 2. The number of carbonyl (C=O) groups is 3. The largest absolute Gasteiger partial charge is 0.482 e. The Kier molecular flexibility index (Phi) is 6.79. The second kappa shape index (κ2) is 8.85. The number of ether oxygens (including phenoxy) is 2. The molecule has 2 rings (SSSR count). The van der Waals surface area contributed by atoms with Gasteiger partial charge < -0.3 is 24.8 Å². The molecule has 0 radical (unpaired) electrons. The molecule has 0 fully saturated rings. The van der Waals surface area contributed by atoms with Gasteiger partial charge in [-0.1, -0.05) is 12.1 Å². The molecule has 0 saturated heterocycles. The zero-order chi connectivity index (χ0) is 20.0. The number of nitrogens with one attached hydrogen (secondary N) is 1. The number of carbonyl (C=O) groups excluding carboxylic acids is 2. The van der Waals surface area contributed by atoms with Crippen LogP contribution in [0.25, 0.3) is 0 Å². The molecule has 2 amide bonds. The zero-order valence-corrected chi connectivity index (χ0v) is 15.9. The molecule has 1 aliphatic rings. The van der Waals surface area contributed by atoms with E-state index in [1.165, 1.54) is 4.90 Å². The lowest BCUT2D eigenvalue weighted by Crippen LogP contribution is -2.45. The molecule has 0 saturated carbocycles. The van der Waals surface area contributed by atoms with Crippen LogP contribution in [-0.4, -0.2) is 54.3 Å². The van der Waals surface area contributed by atoms with Crippen LogP contribution in [0.15, 0.2) is 24.3 Å². The molecule has 2 N–H and O–H groups in total. The van der Waals surface area contributed by atoms with Gasteiger partial charge in [-0.3, -0.25) is 9.59 Å². The van der Waals surface area contributed by atoms with Crippen LogP contribution in [0.2, 0.25) is 0 Å². The Balaban J connectivity index is 1.89. The van der Waals surface area contributed by atoms with Gasteiger partial charge in [-0.25, -0.2) is 4.79 Å². The number of anilines is 1. The maximum absolute atomic E-state index is 12.2. The standard InChI is InChI=1S/C19H26N2O6/c1-19(2,3)27-11-9-13(18(24)25)20-16(22)8-10-21-14-6-4-5-7-15(14)26-12-17(21)23/h4-7,13H,8-12H2,1-3H3,(H,20,22)(H,24,25). The molecule has 0 spiro atoms. The van der Waals surface area contributed by atoms with E-state index in [0.717, 1.165) is 0 Å². The monoisotopic (exact) mass is 378 g/mol. The fourth-order valence-corrected chi connectivity index (χ4v) is 2.62. The van der Waals surface area contributed by atoms with Crippen LogP contribution in [0.4, 0.5) is 5.69 Å². The SMILES string of the molecule is CC(C)(C)OCCC(NC(=O)CCN1C(=O)COc2ccccc21)C(=O)O. The van der Waals surface area contributed by atoms with Crippen LogP contribution in [0.5, 0.6) is 5.75 Å². The van der Waals surface area contributed by atoms with Crippen LogP contribution >= 0.6 is 0 Å². The average Bonchev–Trinajstić information content (AvgIpc) is 2.59. The normalized spacial score (nSPS) is 14.9. The van der Waals surface area contributed by atoms with E-state index < -0.39 is 17.9 Å². The van der Waals surface area contributed by atoms with E-state index in [0.29, 0.717) is 11.4 Å². The van der Waals surface area contributed by atoms with E-state index in [9.17, 15) is 19.5 Å². The lowest BCUT2D eigenvalue weighted by atomic mass is 10.1. The van der Waals surface area contributed by atoms with Crippen molar-refractivity contribution in [2.24, 2.45) is 0 Å². The van der Waals surface area contributed by atoms with E-state index in [2.05, 4.69) is 5.32 Å². The average molecular weight is 378 g/mol. The second-order valence-electron chi connectivity index (χ2n) is 7.26. The summed E-state index contributed by atoms with van der Waals surface area (Å²) in [7, 11) is 0. The summed E-state index contributed by atoms with van der Waals surface area (Å²) in [4.78, 5) is 37.1. The van der Waals surface area contributed by atoms with Crippen molar-refractivity contribution in [2.75, 3.05) is 24.7 Å². The van der Waals surface area contributed by atoms with Crippen molar-refractivity contribution in [3.05, 3.63) is 24.3 Å². The van der Waals surface area contributed by atoms with Crippen molar-refractivity contribution in [3.8, 4) is 5.75 Å². The minimum Gasteiger partial charge on any atom is -0.482 e. The van der Waals surface area contributed by atoms with Crippen molar-refractivity contribution in [2.45, 2.75) is 45.3 Å². The highest BCUT2D eigenvalue weighted by Gasteiger charge is 2.26. The van der Waals surface area contributed by atoms with Crippen molar-refractivity contribution in [1.29, 1.82) is 0 Å². The highest BCUT2D eigenvalue weighted by Crippen LogP contribution is 2.31. The Bertz CT molecular complexity index is 698. The Morgan fingerprint density at radius 1 is 1.33 bits per heavy atom. The first kappa shape index (κ1) is 20.7. The summed E-state index contributed by atoms with van der Waals surface area (Å²) >= 11 is 0. The zero-order valence-electron chi connectivity index (χ0n) is 15.9. The fourth-order valence-electron chi connectivity index (χ4n) is 2.62. The smallest absolute Gasteiger partial charge is 0.326 e.